The van der Waals surface area contributed by atoms with E-state index in [9.17, 15) is 9.59 Å². The third-order valence-electron chi connectivity index (χ3n) is 4.83. The van der Waals surface area contributed by atoms with Crippen LogP contribution in [-0.2, 0) is 9.53 Å². The summed E-state index contributed by atoms with van der Waals surface area (Å²) in [6.45, 7) is 3.97. The molecule has 0 radical (unpaired) electrons. The number of Topliss-reactive ketones (excluding diaryl/α,β-unsaturated/α-hetero) is 1. The van der Waals surface area contributed by atoms with Gasteiger partial charge >= 0.3 is 5.97 Å². The number of hydrogen-bond acceptors (Lipinski definition) is 4. The van der Waals surface area contributed by atoms with Crippen molar-refractivity contribution in [1.29, 1.82) is 0 Å². The molecule has 0 fully saturated rings. The van der Waals surface area contributed by atoms with E-state index >= 15 is 0 Å². The predicted octanol–water partition coefficient (Wildman–Crippen LogP) is 4.73. The fourth-order valence-electron chi connectivity index (χ4n) is 3.17. The number of ether oxygens (including phenoxy) is 1. The molecule has 1 aliphatic rings. The lowest BCUT2D eigenvalue weighted by atomic mass is 9.86. The molecule has 1 aromatic carbocycles. The van der Waals surface area contributed by atoms with Crippen LogP contribution < -0.4 is 0 Å². The molecule has 140 valence electrons. The van der Waals surface area contributed by atoms with E-state index in [2.05, 4.69) is 6.92 Å². The van der Waals surface area contributed by atoms with Crippen LogP contribution in [0.1, 0.15) is 56.3 Å². The molecule has 1 aliphatic heterocycles. The minimum Gasteiger partial charge on any atom is -0.467 e. The van der Waals surface area contributed by atoms with Gasteiger partial charge in [-0.25, -0.2) is 4.79 Å². The Morgan fingerprint density at radius 1 is 1.15 bits per heavy atom. The SMILES string of the molecule is CCCCCCC1C=CN(C(C)C(=O)OC)C=C1C(=O)c1ccccc1. The van der Waals surface area contributed by atoms with Crippen molar-refractivity contribution in [2.75, 3.05) is 7.11 Å². The molecule has 0 aromatic heterocycles. The van der Waals surface area contributed by atoms with E-state index < -0.39 is 6.04 Å². The Kier molecular flexibility index (Phi) is 7.64. The standard InChI is InChI=1S/C22H29NO3/c1-4-5-6-8-11-18-14-15-23(17(2)22(25)26-3)16-20(18)21(24)19-12-9-7-10-13-19/h7,9-10,12-18H,4-6,8,11H2,1-3H3. The Bertz CT molecular complexity index is 663. The first-order chi connectivity index (χ1) is 12.6. The molecule has 2 unspecified atom stereocenters. The van der Waals surface area contributed by atoms with Crippen LogP contribution in [0.2, 0.25) is 0 Å². The number of nitrogens with zero attached hydrogens (tertiary/aromatic N) is 1. The Morgan fingerprint density at radius 2 is 1.88 bits per heavy atom. The number of carbonyl (C=O) groups excluding carboxylic acids is 2. The van der Waals surface area contributed by atoms with E-state index in [-0.39, 0.29) is 17.7 Å². The summed E-state index contributed by atoms with van der Waals surface area (Å²) in [7, 11) is 1.38. The Balaban J connectivity index is 2.22. The molecule has 1 heterocycles. The molecule has 0 N–H and O–H groups in total. The van der Waals surface area contributed by atoms with Crippen LogP contribution in [0.15, 0.2) is 54.4 Å². The van der Waals surface area contributed by atoms with Crippen molar-refractivity contribution < 1.29 is 14.3 Å². The van der Waals surface area contributed by atoms with Crippen molar-refractivity contribution in [3.8, 4) is 0 Å². The van der Waals surface area contributed by atoms with Crippen LogP contribution >= 0.6 is 0 Å². The quantitative estimate of drug-likeness (QED) is 0.365. The van der Waals surface area contributed by atoms with E-state index in [1.807, 2.05) is 48.8 Å². The van der Waals surface area contributed by atoms with Crippen LogP contribution in [0.25, 0.3) is 0 Å². The second-order valence-corrected chi connectivity index (χ2v) is 6.72. The molecule has 0 aliphatic carbocycles. The molecule has 2 rings (SSSR count). The van der Waals surface area contributed by atoms with E-state index in [1.165, 1.54) is 26.4 Å². The van der Waals surface area contributed by atoms with Crippen molar-refractivity contribution in [3.05, 3.63) is 59.9 Å². The fraction of sp³-hybridized carbons (Fsp3) is 0.455. The largest absolute Gasteiger partial charge is 0.467 e. The number of hydrogen-bond donors (Lipinski definition) is 0. The molecular formula is C22H29NO3. The third kappa shape index (κ3) is 5.07. The zero-order valence-electron chi connectivity index (χ0n) is 16.0. The lowest BCUT2D eigenvalue weighted by Gasteiger charge is -2.29. The smallest absolute Gasteiger partial charge is 0.328 e. The Hall–Kier alpha value is -2.36. The fourth-order valence-corrected chi connectivity index (χ4v) is 3.17. The van der Waals surface area contributed by atoms with Crippen LogP contribution in [0, 0.1) is 5.92 Å². The summed E-state index contributed by atoms with van der Waals surface area (Å²) in [5.41, 5.74) is 1.42. The van der Waals surface area contributed by atoms with Crippen LogP contribution in [0.4, 0.5) is 0 Å². The monoisotopic (exact) mass is 355 g/mol. The van der Waals surface area contributed by atoms with Crippen molar-refractivity contribution in [1.82, 2.24) is 4.90 Å². The molecule has 4 heteroatoms. The molecule has 0 saturated heterocycles. The van der Waals surface area contributed by atoms with Crippen molar-refractivity contribution in [2.45, 2.75) is 52.0 Å². The van der Waals surface area contributed by atoms with Gasteiger partial charge in [-0.1, -0.05) is 69.0 Å². The highest BCUT2D eigenvalue weighted by molar-refractivity contribution is 6.09. The maximum atomic E-state index is 13.1. The number of benzene rings is 1. The summed E-state index contributed by atoms with van der Waals surface area (Å²) in [4.78, 5) is 26.7. The Morgan fingerprint density at radius 3 is 2.54 bits per heavy atom. The van der Waals surface area contributed by atoms with Crippen molar-refractivity contribution >= 4 is 11.8 Å². The minimum atomic E-state index is -0.462. The zero-order valence-corrected chi connectivity index (χ0v) is 16.0. The van der Waals surface area contributed by atoms with Crippen molar-refractivity contribution in [3.63, 3.8) is 0 Å². The molecule has 26 heavy (non-hydrogen) atoms. The van der Waals surface area contributed by atoms with Crippen LogP contribution in [0.3, 0.4) is 0 Å². The molecule has 0 bridgehead atoms. The first kappa shape index (κ1) is 20.0. The van der Waals surface area contributed by atoms with Gasteiger partial charge < -0.3 is 9.64 Å². The average Bonchev–Trinajstić information content (AvgIpc) is 2.70. The number of unbranched alkanes of at least 4 members (excludes halogenated alkanes) is 3. The predicted molar refractivity (Wildman–Crippen MR) is 104 cm³/mol. The summed E-state index contributed by atoms with van der Waals surface area (Å²) < 4.78 is 4.84. The summed E-state index contributed by atoms with van der Waals surface area (Å²) >= 11 is 0. The number of carbonyl (C=O) groups is 2. The van der Waals surface area contributed by atoms with Gasteiger partial charge in [-0.2, -0.15) is 0 Å². The molecule has 2 atom stereocenters. The zero-order chi connectivity index (χ0) is 18.9. The third-order valence-corrected chi connectivity index (χ3v) is 4.83. The molecular weight excluding hydrogens is 326 g/mol. The summed E-state index contributed by atoms with van der Waals surface area (Å²) in [6, 6.07) is 8.86. The highest BCUT2D eigenvalue weighted by Crippen LogP contribution is 2.29. The van der Waals surface area contributed by atoms with Crippen molar-refractivity contribution in [2.24, 2.45) is 5.92 Å². The highest BCUT2D eigenvalue weighted by Gasteiger charge is 2.27. The summed E-state index contributed by atoms with van der Waals surface area (Å²) in [5.74, 6) is -0.211. The molecule has 0 amide bonds. The van der Waals surface area contributed by atoms with Gasteiger partial charge in [0, 0.05) is 29.5 Å². The summed E-state index contributed by atoms with van der Waals surface area (Å²) in [5, 5.41) is 0. The number of rotatable bonds is 9. The van der Waals surface area contributed by atoms with E-state index in [0.717, 1.165) is 18.4 Å². The van der Waals surface area contributed by atoms with Gasteiger partial charge in [-0.15, -0.1) is 0 Å². The van der Waals surface area contributed by atoms with Gasteiger partial charge in [-0.3, -0.25) is 4.79 Å². The van der Waals surface area contributed by atoms with Gasteiger partial charge in [-0.05, 0) is 13.3 Å². The maximum absolute atomic E-state index is 13.1. The molecule has 0 spiro atoms. The topological polar surface area (TPSA) is 46.6 Å². The number of allylic oxidation sites excluding steroid dienone is 2. The van der Waals surface area contributed by atoms with Gasteiger partial charge in [0.05, 0.1) is 7.11 Å². The van der Waals surface area contributed by atoms with E-state index in [0.29, 0.717) is 5.56 Å². The first-order valence-corrected chi connectivity index (χ1v) is 9.43. The lowest BCUT2D eigenvalue weighted by Crippen LogP contribution is -2.35. The maximum Gasteiger partial charge on any atom is 0.328 e. The molecule has 4 nitrogen and oxygen atoms in total. The van der Waals surface area contributed by atoms with Gasteiger partial charge in [0.25, 0.3) is 0 Å². The molecule has 0 saturated carbocycles. The van der Waals surface area contributed by atoms with Gasteiger partial charge in [0.15, 0.2) is 5.78 Å². The minimum absolute atomic E-state index is 0.0255. The van der Waals surface area contributed by atoms with Crippen LogP contribution in [-0.4, -0.2) is 29.8 Å². The van der Waals surface area contributed by atoms with Gasteiger partial charge in [0.2, 0.25) is 0 Å². The van der Waals surface area contributed by atoms with E-state index in [4.69, 9.17) is 4.74 Å². The average molecular weight is 355 g/mol. The van der Waals surface area contributed by atoms with Gasteiger partial charge in [0.1, 0.15) is 6.04 Å². The first-order valence-electron chi connectivity index (χ1n) is 9.43. The number of methoxy groups -OCH3 is 1. The second kappa shape index (κ2) is 9.95. The second-order valence-electron chi connectivity index (χ2n) is 6.72. The number of ketones is 1. The number of esters is 1. The van der Waals surface area contributed by atoms with E-state index in [1.54, 1.807) is 11.8 Å². The summed E-state index contributed by atoms with van der Waals surface area (Å²) in [6.07, 6.45) is 11.4. The molecule has 1 aromatic rings. The highest BCUT2D eigenvalue weighted by atomic mass is 16.5. The van der Waals surface area contributed by atoms with Crippen LogP contribution in [0.5, 0.6) is 0 Å². The normalized spacial score (nSPS) is 17.6. The Labute approximate surface area is 156 Å². The lowest BCUT2D eigenvalue weighted by molar-refractivity contribution is -0.144.